The largest absolute Gasteiger partial charge is 0.465 e. The van der Waals surface area contributed by atoms with Crippen molar-refractivity contribution in [1.29, 1.82) is 0 Å². The molecule has 0 amide bonds. The van der Waals surface area contributed by atoms with Gasteiger partial charge in [0, 0.05) is 49.6 Å². The maximum absolute atomic E-state index is 13.1. The number of anilines is 2. The SMILES string of the molecule is CCN(CCC(=O)OCC(CC)(COC(=O)CCN(CC)c1ccccc1)COC(=O)CCN(CC)C1(C)C=CC=CC1)c1ccccc1. The van der Waals surface area contributed by atoms with E-state index in [1.165, 1.54) is 0 Å². The predicted molar refractivity (Wildman–Crippen MR) is 197 cm³/mol. The first-order chi connectivity index (χ1) is 23.7. The van der Waals surface area contributed by atoms with Crippen LogP contribution in [0, 0.1) is 5.41 Å². The van der Waals surface area contributed by atoms with Crippen LogP contribution < -0.4 is 9.80 Å². The van der Waals surface area contributed by atoms with E-state index in [1.54, 1.807) is 0 Å². The van der Waals surface area contributed by atoms with Gasteiger partial charge in [0.25, 0.3) is 0 Å². The molecule has 49 heavy (non-hydrogen) atoms. The summed E-state index contributed by atoms with van der Waals surface area (Å²) in [6.45, 7) is 14.1. The van der Waals surface area contributed by atoms with Gasteiger partial charge in [-0.05, 0) is 64.4 Å². The van der Waals surface area contributed by atoms with Gasteiger partial charge in [0.15, 0.2) is 0 Å². The summed E-state index contributed by atoms with van der Waals surface area (Å²) >= 11 is 0. The number of rotatable bonds is 22. The molecule has 3 rings (SSSR count). The lowest BCUT2D eigenvalue weighted by molar-refractivity contribution is -0.162. The van der Waals surface area contributed by atoms with Gasteiger partial charge in [-0.25, -0.2) is 0 Å². The molecule has 0 aliphatic heterocycles. The number of hydrogen-bond acceptors (Lipinski definition) is 9. The van der Waals surface area contributed by atoms with Gasteiger partial charge in [-0.15, -0.1) is 0 Å². The van der Waals surface area contributed by atoms with Gasteiger partial charge in [0.2, 0.25) is 0 Å². The first-order valence-corrected chi connectivity index (χ1v) is 17.8. The zero-order valence-electron chi connectivity index (χ0n) is 30.3. The van der Waals surface area contributed by atoms with Crippen molar-refractivity contribution in [2.45, 2.75) is 72.3 Å². The molecule has 0 bridgehead atoms. The number of hydrogen-bond donors (Lipinski definition) is 0. The number of allylic oxidation sites excluding steroid dienone is 2. The highest BCUT2D eigenvalue weighted by Crippen LogP contribution is 2.27. The molecule has 0 spiro atoms. The number of nitrogens with zero attached hydrogens (tertiary/aromatic N) is 3. The fraction of sp³-hybridized carbons (Fsp3) is 0.525. The number of benzene rings is 2. The number of ether oxygens (including phenoxy) is 3. The lowest BCUT2D eigenvalue weighted by Gasteiger charge is -2.39. The van der Waals surface area contributed by atoms with Crippen molar-refractivity contribution in [2.24, 2.45) is 5.41 Å². The maximum Gasteiger partial charge on any atom is 0.307 e. The molecule has 0 N–H and O–H groups in total. The van der Waals surface area contributed by atoms with Crippen LogP contribution in [-0.4, -0.2) is 87.4 Å². The molecule has 0 saturated carbocycles. The Kier molecular flexibility index (Phi) is 16.4. The normalized spacial score (nSPS) is 15.6. The first kappa shape index (κ1) is 39.3. The Morgan fingerprint density at radius 3 is 1.47 bits per heavy atom. The van der Waals surface area contributed by atoms with Gasteiger partial charge < -0.3 is 24.0 Å². The second-order valence-electron chi connectivity index (χ2n) is 12.8. The molecule has 0 fully saturated rings. The van der Waals surface area contributed by atoms with Crippen molar-refractivity contribution in [1.82, 2.24) is 4.90 Å². The molecule has 1 aliphatic carbocycles. The average molecular weight is 676 g/mol. The van der Waals surface area contributed by atoms with E-state index in [-0.39, 0.29) is 62.5 Å². The molecule has 0 saturated heterocycles. The summed E-state index contributed by atoms with van der Waals surface area (Å²) in [4.78, 5) is 45.5. The van der Waals surface area contributed by atoms with E-state index in [1.807, 2.05) is 93.6 Å². The Bertz CT molecular complexity index is 1280. The van der Waals surface area contributed by atoms with E-state index in [0.29, 0.717) is 26.1 Å². The van der Waals surface area contributed by atoms with Crippen molar-refractivity contribution in [3.63, 3.8) is 0 Å². The van der Waals surface area contributed by atoms with Crippen molar-refractivity contribution in [3.8, 4) is 0 Å². The third-order valence-electron chi connectivity index (χ3n) is 9.47. The quantitative estimate of drug-likeness (QED) is 0.0984. The van der Waals surface area contributed by atoms with Gasteiger partial charge in [-0.2, -0.15) is 0 Å². The fourth-order valence-corrected chi connectivity index (χ4v) is 5.97. The molecule has 2 aromatic rings. The standard InChI is InChI=1S/C40H57N3O6/c1-6-40(31-47-36(44)23-28-41(7-2)34-19-13-10-14-20-34,32-48-37(45)24-29-42(8-3)35-21-15-11-16-22-35)33-49-38(46)25-30-43(9-4)39(5)26-17-12-18-27-39/h10-22,26H,6-9,23-25,27-33H2,1-5H3. The predicted octanol–water partition coefficient (Wildman–Crippen LogP) is 6.83. The number of carbonyl (C=O) groups is 3. The monoisotopic (exact) mass is 675 g/mol. The topological polar surface area (TPSA) is 88.6 Å². The smallest absolute Gasteiger partial charge is 0.307 e. The molecular weight excluding hydrogens is 618 g/mol. The highest BCUT2D eigenvalue weighted by Gasteiger charge is 2.35. The number of esters is 3. The lowest BCUT2D eigenvalue weighted by Crippen LogP contribution is -2.46. The maximum atomic E-state index is 13.1. The molecule has 9 nitrogen and oxygen atoms in total. The van der Waals surface area contributed by atoms with Crippen LogP contribution >= 0.6 is 0 Å². The minimum atomic E-state index is -0.873. The van der Waals surface area contributed by atoms with Crippen LogP contribution in [0.4, 0.5) is 11.4 Å². The van der Waals surface area contributed by atoms with Crippen molar-refractivity contribution in [2.75, 3.05) is 68.9 Å². The minimum Gasteiger partial charge on any atom is -0.465 e. The van der Waals surface area contributed by atoms with Gasteiger partial charge in [-0.1, -0.05) is 74.5 Å². The van der Waals surface area contributed by atoms with Crippen LogP contribution in [0.2, 0.25) is 0 Å². The second kappa shape index (κ2) is 20.4. The zero-order chi connectivity index (χ0) is 35.5. The van der Waals surface area contributed by atoms with Crippen LogP contribution in [0.5, 0.6) is 0 Å². The van der Waals surface area contributed by atoms with Crippen molar-refractivity contribution >= 4 is 29.3 Å². The fourth-order valence-electron chi connectivity index (χ4n) is 5.97. The van der Waals surface area contributed by atoms with Crippen LogP contribution in [0.15, 0.2) is 85.0 Å². The van der Waals surface area contributed by atoms with Crippen molar-refractivity contribution in [3.05, 3.63) is 85.0 Å². The highest BCUT2D eigenvalue weighted by molar-refractivity contribution is 5.71. The zero-order valence-corrected chi connectivity index (χ0v) is 30.3. The Labute approximate surface area is 293 Å². The molecule has 1 unspecified atom stereocenters. The lowest BCUT2D eigenvalue weighted by atomic mass is 9.88. The highest BCUT2D eigenvalue weighted by atomic mass is 16.6. The minimum absolute atomic E-state index is 0.0227. The molecular formula is C40H57N3O6. The Morgan fingerprint density at radius 2 is 1.10 bits per heavy atom. The number of likely N-dealkylation sites (N-methyl/N-ethyl adjacent to an activating group) is 1. The summed E-state index contributed by atoms with van der Waals surface area (Å²) < 4.78 is 17.4. The summed E-state index contributed by atoms with van der Waals surface area (Å²) in [6, 6.07) is 19.9. The molecule has 0 radical (unpaired) electrons. The molecule has 2 aromatic carbocycles. The third-order valence-corrected chi connectivity index (χ3v) is 9.47. The molecule has 1 atom stereocenters. The summed E-state index contributed by atoms with van der Waals surface area (Å²) in [5, 5.41) is 0. The van der Waals surface area contributed by atoms with E-state index >= 15 is 0 Å². The Balaban J connectivity index is 1.61. The van der Waals surface area contributed by atoms with E-state index < -0.39 is 5.41 Å². The van der Waals surface area contributed by atoms with E-state index in [2.05, 4.69) is 40.7 Å². The van der Waals surface area contributed by atoms with Gasteiger partial charge in [0.1, 0.15) is 19.8 Å². The van der Waals surface area contributed by atoms with Crippen molar-refractivity contribution < 1.29 is 28.6 Å². The summed E-state index contributed by atoms with van der Waals surface area (Å²) in [6.07, 6.45) is 10.4. The molecule has 9 heteroatoms. The summed E-state index contributed by atoms with van der Waals surface area (Å²) in [5.74, 6) is -1.05. The van der Waals surface area contributed by atoms with E-state index in [4.69, 9.17) is 14.2 Å². The van der Waals surface area contributed by atoms with Crippen LogP contribution in [-0.2, 0) is 28.6 Å². The third kappa shape index (κ3) is 12.7. The molecule has 0 aromatic heterocycles. The van der Waals surface area contributed by atoms with Crippen LogP contribution in [0.25, 0.3) is 0 Å². The first-order valence-electron chi connectivity index (χ1n) is 17.8. The van der Waals surface area contributed by atoms with Gasteiger partial charge in [0.05, 0.1) is 24.7 Å². The number of para-hydroxylation sites is 2. The second-order valence-corrected chi connectivity index (χ2v) is 12.8. The summed E-state index contributed by atoms with van der Waals surface area (Å²) in [7, 11) is 0. The van der Waals surface area contributed by atoms with Crippen LogP contribution in [0.3, 0.4) is 0 Å². The Morgan fingerprint density at radius 1 is 0.653 bits per heavy atom. The Hall–Kier alpha value is -4.11. The van der Waals surface area contributed by atoms with E-state index in [9.17, 15) is 14.4 Å². The van der Waals surface area contributed by atoms with E-state index in [0.717, 1.165) is 37.4 Å². The average Bonchev–Trinajstić information content (AvgIpc) is 3.13. The molecule has 1 aliphatic rings. The molecule has 0 heterocycles. The number of carbonyl (C=O) groups excluding carboxylic acids is 3. The summed E-state index contributed by atoms with van der Waals surface area (Å²) in [5.41, 5.74) is 1.06. The van der Waals surface area contributed by atoms with Gasteiger partial charge >= 0.3 is 17.9 Å². The molecule has 268 valence electrons. The van der Waals surface area contributed by atoms with Gasteiger partial charge in [-0.3, -0.25) is 19.3 Å². The van der Waals surface area contributed by atoms with Crippen LogP contribution in [0.1, 0.15) is 66.7 Å².